The molecule has 2 amide bonds. The van der Waals surface area contributed by atoms with Gasteiger partial charge in [0.2, 0.25) is 10.0 Å². The van der Waals surface area contributed by atoms with E-state index in [2.05, 4.69) is 20.6 Å². The van der Waals surface area contributed by atoms with Gasteiger partial charge in [0.1, 0.15) is 12.9 Å². The Labute approximate surface area is 274 Å². The van der Waals surface area contributed by atoms with E-state index in [1.807, 2.05) is 44.2 Å². The number of hydrogen-bond donors (Lipinski definition) is 3. The first kappa shape index (κ1) is 33.2. The molecule has 0 saturated carbocycles. The number of fused-ring (bicyclic) bond motifs is 1. The first-order valence-electron chi connectivity index (χ1n) is 14.4. The largest absolute Gasteiger partial charge is 0.472 e. The first-order valence-corrected chi connectivity index (χ1v) is 17.5. The Morgan fingerprint density at radius 2 is 1.91 bits per heavy atom. The summed E-state index contributed by atoms with van der Waals surface area (Å²) in [6.45, 7) is 3.63. The minimum absolute atomic E-state index is 0.0146. The van der Waals surface area contributed by atoms with E-state index in [1.165, 1.54) is 46.4 Å². The zero-order valence-electron chi connectivity index (χ0n) is 25.0. The van der Waals surface area contributed by atoms with Gasteiger partial charge in [-0.05, 0) is 42.2 Å². The number of aliphatic hydroxyl groups is 1. The number of anilines is 1. The van der Waals surface area contributed by atoms with Crippen molar-refractivity contribution in [1.29, 1.82) is 0 Å². The molecule has 5 rings (SSSR count). The van der Waals surface area contributed by atoms with Crippen LogP contribution in [0.1, 0.15) is 34.6 Å². The highest BCUT2D eigenvalue weighted by atomic mass is 32.2. The number of carbonyl (C=O) groups excluding carboxylic acids is 2. The predicted octanol–water partition coefficient (Wildman–Crippen LogP) is 5.14. The molecule has 0 radical (unpaired) electrons. The standard InChI is InChI=1S/C31H33N5O7S3/c1-20(2)15-36(16-27(37)26(12-21-6-4-3-5-7-21)34-31(39)43-18-23-14-32-19-44-23)46(40,41)24-8-9-25-28(13-24)45-30(33-25)35-29(38)22-10-11-42-17-22/h3-11,13-14,17,19-20,26-27,37H,12,15-16,18H2,1-2H3,(H,34,39)(H,33,35,38)/t26-,27+/m0/s1. The average molecular weight is 684 g/mol. The van der Waals surface area contributed by atoms with Gasteiger partial charge in [-0.1, -0.05) is 55.5 Å². The molecule has 2 atom stereocenters. The van der Waals surface area contributed by atoms with Gasteiger partial charge in [0, 0.05) is 19.3 Å². The molecular weight excluding hydrogens is 651 g/mol. The number of benzene rings is 2. The van der Waals surface area contributed by atoms with Crippen molar-refractivity contribution in [1.82, 2.24) is 19.6 Å². The lowest BCUT2D eigenvalue weighted by Crippen LogP contribution is -2.51. The molecule has 242 valence electrons. The fourth-order valence-electron chi connectivity index (χ4n) is 4.64. The maximum absolute atomic E-state index is 14.0. The van der Waals surface area contributed by atoms with Gasteiger partial charge >= 0.3 is 6.09 Å². The molecule has 0 aliphatic heterocycles. The highest BCUT2D eigenvalue weighted by molar-refractivity contribution is 7.89. The normalized spacial score (nSPS) is 13.2. The van der Waals surface area contributed by atoms with Crippen molar-refractivity contribution in [3.63, 3.8) is 0 Å². The molecule has 0 aliphatic carbocycles. The number of furan rings is 1. The Morgan fingerprint density at radius 3 is 2.61 bits per heavy atom. The number of carbonyl (C=O) groups is 2. The average Bonchev–Trinajstić information content (AvgIpc) is 3.81. The molecule has 2 aromatic carbocycles. The van der Waals surface area contributed by atoms with Gasteiger partial charge in [0.05, 0.1) is 49.5 Å². The monoisotopic (exact) mass is 683 g/mol. The van der Waals surface area contributed by atoms with E-state index in [4.69, 9.17) is 9.15 Å². The zero-order valence-corrected chi connectivity index (χ0v) is 27.5. The third-order valence-electron chi connectivity index (χ3n) is 6.86. The van der Waals surface area contributed by atoms with E-state index in [9.17, 15) is 23.1 Å². The second-order valence-electron chi connectivity index (χ2n) is 10.9. The molecular formula is C31H33N5O7S3. The van der Waals surface area contributed by atoms with E-state index >= 15 is 0 Å². The van der Waals surface area contributed by atoms with Crippen LogP contribution in [0.2, 0.25) is 0 Å². The summed E-state index contributed by atoms with van der Waals surface area (Å²) in [6.07, 6.45) is 2.54. The summed E-state index contributed by atoms with van der Waals surface area (Å²) in [4.78, 5) is 34.3. The number of thiazole rings is 2. The van der Waals surface area contributed by atoms with E-state index in [-0.39, 0.29) is 36.9 Å². The minimum Gasteiger partial charge on any atom is -0.472 e. The van der Waals surface area contributed by atoms with Crippen LogP contribution >= 0.6 is 22.7 Å². The highest BCUT2D eigenvalue weighted by Gasteiger charge is 2.32. The number of nitrogens with one attached hydrogen (secondary N) is 2. The molecule has 0 saturated heterocycles. The lowest BCUT2D eigenvalue weighted by molar-refractivity contribution is 0.0876. The third-order valence-corrected chi connectivity index (χ3v) is 10.4. The predicted molar refractivity (Wildman–Crippen MR) is 175 cm³/mol. The van der Waals surface area contributed by atoms with Crippen molar-refractivity contribution in [2.24, 2.45) is 5.92 Å². The first-order chi connectivity index (χ1) is 22.1. The quantitative estimate of drug-likeness (QED) is 0.144. The molecule has 0 spiro atoms. The smallest absolute Gasteiger partial charge is 0.407 e. The van der Waals surface area contributed by atoms with Crippen LogP contribution in [0.4, 0.5) is 9.93 Å². The van der Waals surface area contributed by atoms with Crippen LogP contribution in [0.25, 0.3) is 10.2 Å². The van der Waals surface area contributed by atoms with E-state index < -0.39 is 34.2 Å². The van der Waals surface area contributed by atoms with Crippen molar-refractivity contribution >= 4 is 60.0 Å². The Kier molecular flexibility index (Phi) is 10.8. The summed E-state index contributed by atoms with van der Waals surface area (Å²) >= 11 is 2.49. The number of nitrogens with zero attached hydrogens (tertiary/aromatic N) is 3. The number of hydrogen-bond acceptors (Lipinski definition) is 11. The van der Waals surface area contributed by atoms with Crippen LogP contribution in [0.15, 0.2) is 88.1 Å². The molecule has 46 heavy (non-hydrogen) atoms. The molecule has 5 aromatic rings. The van der Waals surface area contributed by atoms with Crippen LogP contribution < -0.4 is 10.6 Å². The van der Waals surface area contributed by atoms with Gasteiger partial charge in [-0.2, -0.15) is 4.31 Å². The summed E-state index contributed by atoms with van der Waals surface area (Å²) < 4.78 is 40.1. The topological polar surface area (TPSA) is 164 Å². The molecule has 0 fully saturated rings. The molecule has 3 N–H and O–H groups in total. The van der Waals surface area contributed by atoms with Crippen LogP contribution in [0.5, 0.6) is 0 Å². The molecule has 0 aliphatic rings. The summed E-state index contributed by atoms with van der Waals surface area (Å²) in [7, 11) is -4.10. The second kappa shape index (κ2) is 15.0. The summed E-state index contributed by atoms with van der Waals surface area (Å²) in [6, 6.07) is 14.5. The van der Waals surface area contributed by atoms with Gasteiger partial charge in [-0.15, -0.1) is 11.3 Å². The molecule has 3 heterocycles. The van der Waals surface area contributed by atoms with Gasteiger partial charge in [-0.3, -0.25) is 15.1 Å². The molecule has 3 aromatic heterocycles. The maximum Gasteiger partial charge on any atom is 0.407 e. The Morgan fingerprint density at radius 1 is 1.11 bits per heavy atom. The van der Waals surface area contributed by atoms with Gasteiger partial charge in [-0.25, -0.2) is 18.2 Å². The van der Waals surface area contributed by atoms with Crippen molar-refractivity contribution in [2.45, 2.75) is 43.9 Å². The number of sulfonamides is 1. The maximum atomic E-state index is 14.0. The number of alkyl carbamates (subject to hydrolysis) is 1. The fourth-order valence-corrected chi connectivity index (χ4v) is 7.77. The summed E-state index contributed by atoms with van der Waals surface area (Å²) in [5.41, 5.74) is 3.33. The molecule has 0 bridgehead atoms. The zero-order chi connectivity index (χ0) is 32.7. The third kappa shape index (κ3) is 8.55. The Bertz CT molecular complexity index is 1840. The molecule has 0 unspecified atom stereocenters. The SMILES string of the molecule is CC(C)CN(C[C@@H](O)[C@H](Cc1ccccc1)NC(=O)OCc1cncs1)S(=O)(=O)c1ccc2nc(NC(=O)c3ccoc3)sc2c1. The number of aliphatic hydroxyl groups excluding tert-OH is 1. The number of ether oxygens (including phenoxy) is 1. The van der Waals surface area contributed by atoms with Crippen molar-refractivity contribution in [3.05, 3.63) is 94.8 Å². The number of aromatic nitrogens is 2. The van der Waals surface area contributed by atoms with E-state index in [1.54, 1.807) is 17.8 Å². The van der Waals surface area contributed by atoms with E-state index in [0.29, 0.717) is 20.9 Å². The van der Waals surface area contributed by atoms with Crippen molar-refractivity contribution in [2.75, 3.05) is 18.4 Å². The van der Waals surface area contributed by atoms with Gasteiger partial charge < -0.3 is 19.6 Å². The Balaban J connectivity index is 1.35. The van der Waals surface area contributed by atoms with Crippen LogP contribution in [0, 0.1) is 5.92 Å². The summed E-state index contributed by atoms with van der Waals surface area (Å²) in [5.74, 6) is -0.465. The number of rotatable bonds is 14. The molecule has 12 nitrogen and oxygen atoms in total. The fraction of sp³-hybridized carbons (Fsp3) is 0.290. The highest BCUT2D eigenvalue weighted by Crippen LogP contribution is 2.30. The van der Waals surface area contributed by atoms with Crippen molar-refractivity contribution < 1.29 is 32.3 Å². The number of amides is 2. The lowest BCUT2D eigenvalue weighted by atomic mass is 10.0. The van der Waals surface area contributed by atoms with Crippen LogP contribution in [-0.4, -0.2) is 65.0 Å². The second-order valence-corrected chi connectivity index (χ2v) is 14.8. The Hall–Kier alpha value is -4.15. The lowest BCUT2D eigenvalue weighted by Gasteiger charge is -2.30. The summed E-state index contributed by atoms with van der Waals surface area (Å²) in [5, 5.41) is 17.2. The van der Waals surface area contributed by atoms with Crippen LogP contribution in [-0.2, 0) is 27.8 Å². The molecule has 15 heteroatoms. The van der Waals surface area contributed by atoms with Gasteiger partial charge in [0.25, 0.3) is 5.91 Å². The minimum atomic E-state index is -4.10. The van der Waals surface area contributed by atoms with Crippen molar-refractivity contribution in [3.8, 4) is 0 Å². The van der Waals surface area contributed by atoms with Crippen LogP contribution in [0.3, 0.4) is 0 Å². The van der Waals surface area contributed by atoms with E-state index in [0.717, 1.165) is 21.8 Å². The van der Waals surface area contributed by atoms with Gasteiger partial charge in [0.15, 0.2) is 5.13 Å².